The molecule has 10 heavy (non-hydrogen) atoms. The van der Waals surface area contributed by atoms with Crippen LogP contribution in [0, 0.1) is 0 Å². The van der Waals surface area contributed by atoms with Gasteiger partial charge in [-0.3, -0.25) is 0 Å². The van der Waals surface area contributed by atoms with E-state index in [1.165, 1.54) is 0 Å². The first-order chi connectivity index (χ1) is 4.86. The highest BCUT2D eigenvalue weighted by Crippen LogP contribution is 2.22. The van der Waals surface area contributed by atoms with Crippen molar-refractivity contribution in [1.82, 2.24) is 0 Å². The van der Waals surface area contributed by atoms with Crippen LogP contribution in [0.1, 0.15) is 6.42 Å². The lowest BCUT2D eigenvalue weighted by Gasteiger charge is -2.26. The summed E-state index contributed by atoms with van der Waals surface area (Å²) in [7, 11) is 0. The molecule has 1 N–H and O–H groups in total. The van der Waals surface area contributed by atoms with Gasteiger partial charge in [0.15, 0.2) is 6.29 Å². The van der Waals surface area contributed by atoms with Gasteiger partial charge in [0.05, 0.1) is 12.7 Å². The van der Waals surface area contributed by atoms with Crippen molar-refractivity contribution in [2.75, 3.05) is 13.4 Å². The van der Waals surface area contributed by atoms with Crippen LogP contribution in [0.2, 0.25) is 0 Å². The summed E-state index contributed by atoms with van der Waals surface area (Å²) in [4.78, 5) is 0. The van der Waals surface area contributed by atoms with E-state index in [0.29, 0.717) is 19.8 Å². The molecule has 3 atom stereocenters. The lowest BCUT2D eigenvalue weighted by molar-refractivity contribution is -0.166. The van der Waals surface area contributed by atoms with Crippen LogP contribution in [0.4, 0.5) is 0 Å². The molecule has 2 aliphatic heterocycles. The number of fused-ring (bicyclic) bond motifs is 1. The van der Waals surface area contributed by atoms with E-state index in [2.05, 4.69) is 0 Å². The lowest BCUT2D eigenvalue weighted by Crippen LogP contribution is -2.39. The summed E-state index contributed by atoms with van der Waals surface area (Å²) in [5.74, 6) is 0. The van der Waals surface area contributed by atoms with E-state index in [-0.39, 0.29) is 12.2 Å². The van der Waals surface area contributed by atoms with Crippen molar-refractivity contribution in [2.24, 2.45) is 0 Å². The van der Waals surface area contributed by atoms with Gasteiger partial charge in [0.25, 0.3) is 0 Å². The van der Waals surface area contributed by atoms with Crippen molar-refractivity contribution in [3.63, 3.8) is 0 Å². The van der Waals surface area contributed by atoms with E-state index in [9.17, 15) is 0 Å². The Morgan fingerprint density at radius 1 is 1.10 bits per heavy atom. The minimum atomic E-state index is -0.664. The molecule has 2 fully saturated rings. The highest BCUT2D eigenvalue weighted by atomic mass is 16.7. The zero-order chi connectivity index (χ0) is 6.97. The maximum absolute atomic E-state index is 9.00. The van der Waals surface area contributed by atoms with Crippen LogP contribution in [-0.4, -0.2) is 37.0 Å². The first-order valence-electron chi connectivity index (χ1n) is 3.39. The van der Waals surface area contributed by atoms with Crippen LogP contribution in [0.25, 0.3) is 0 Å². The van der Waals surface area contributed by atoms with Crippen LogP contribution < -0.4 is 0 Å². The minimum absolute atomic E-state index is 0.0448. The molecule has 0 saturated carbocycles. The Morgan fingerprint density at radius 3 is 2.80 bits per heavy atom. The molecule has 0 radical (unpaired) electrons. The van der Waals surface area contributed by atoms with Crippen molar-refractivity contribution in [2.45, 2.75) is 24.9 Å². The highest BCUT2D eigenvalue weighted by molar-refractivity contribution is 4.78. The topological polar surface area (TPSA) is 47.9 Å². The zero-order valence-electron chi connectivity index (χ0n) is 5.53. The molecule has 0 aromatic rings. The largest absolute Gasteiger partial charge is 0.368 e. The molecule has 0 aliphatic carbocycles. The number of ether oxygens (including phenoxy) is 3. The Balaban J connectivity index is 1.96. The van der Waals surface area contributed by atoms with Gasteiger partial charge in [-0.05, 0) is 0 Å². The maximum Gasteiger partial charge on any atom is 0.157 e. The third-order valence-electron chi connectivity index (χ3n) is 1.87. The lowest BCUT2D eigenvalue weighted by atomic mass is 10.1. The van der Waals surface area contributed by atoms with Crippen LogP contribution in [0.3, 0.4) is 0 Å². The average molecular weight is 146 g/mol. The summed E-state index contributed by atoms with van der Waals surface area (Å²) in [5.41, 5.74) is 0. The minimum Gasteiger partial charge on any atom is -0.368 e. The number of aliphatic hydroxyl groups is 1. The fourth-order valence-electron chi connectivity index (χ4n) is 1.28. The summed E-state index contributed by atoms with van der Waals surface area (Å²) in [6.45, 7) is 0.789. The van der Waals surface area contributed by atoms with Gasteiger partial charge in [0.1, 0.15) is 12.9 Å². The third-order valence-corrected chi connectivity index (χ3v) is 1.87. The molecule has 0 spiro atoms. The number of hydrogen-bond donors (Lipinski definition) is 1. The predicted molar refractivity (Wildman–Crippen MR) is 31.2 cm³/mol. The summed E-state index contributed by atoms with van der Waals surface area (Å²) in [6.07, 6.45) is -0.0416. The summed E-state index contributed by atoms with van der Waals surface area (Å²) in [5, 5.41) is 9.00. The molecule has 2 aliphatic rings. The van der Waals surface area contributed by atoms with Crippen LogP contribution in [-0.2, 0) is 14.2 Å². The Morgan fingerprint density at radius 2 is 1.90 bits per heavy atom. The quantitative estimate of drug-likeness (QED) is 0.499. The van der Waals surface area contributed by atoms with E-state index in [1.807, 2.05) is 0 Å². The molecule has 3 unspecified atom stereocenters. The van der Waals surface area contributed by atoms with E-state index < -0.39 is 6.29 Å². The molecule has 58 valence electrons. The van der Waals surface area contributed by atoms with Crippen molar-refractivity contribution < 1.29 is 19.3 Å². The maximum atomic E-state index is 9.00. The van der Waals surface area contributed by atoms with Gasteiger partial charge in [-0.2, -0.15) is 0 Å². The number of aliphatic hydroxyl groups excluding tert-OH is 1. The van der Waals surface area contributed by atoms with Gasteiger partial charge in [-0.15, -0.1) is 0 Å². The van der Waals surface area contributed by atoms with Crippen LogP contribution >= 0.6 is 0 Å². The summed E-state index contributed by atoms with van der Waals surface area (Å²) < 4.78 is 15.3. The monoisotopic (exact) mass is 146 g/mol. The second-order valence-electron chi connectivity index (χ2n) is 2.55. The van der Waals surface area contributed by atoms with E-state index in [0.717, 1.165) is 0 Å². The summed E-state index contributed by atoms with van der Waals surface area (Å²) in [6, 6.07) is 0. The van der Waals surface area contributed by atoms with Gasteiger partial charge in [0, 0.05) is 6.42 Å². The van der Waals surface area contributed by atoms with Gasteiger partial charge >= 0.3 is 0 Å². The van der Waals surface area contributed by atoms with Crippen molar-refractivity contribution in [3.05, 3.63) is 0 Å². The van der Waals surface area contributed by atoms with E-state index in [1.54, 1.807) is 0 Å². The Kier molecular flexibility index (Phi) is 1.61. The van der Waals surface area contributed by atoms with Crippen LogP contribution in [0.5, 0.6) is 0 Å². The van der Waals surface area contributed by atoms with Gasteiger partial charge < -0.3 is 19.3 Å². The smallest absolute Gasteiger partial charge is 0.157 e. The fourth-order valence-corrected chi connectivity index (χ4v) is 1.28. The normalized spacial score (nSPS) is 47.1. The standard InChI is InChI=1S/C6H10O4/c7-6-1-4-5(2-8-6)10-3-9-4/h4-7H,1-3H2. The van der Waals surface area contributed by atoms with Gasteiger partial charge in [-0.1, -0.05) is 0 Å². The van der Waals surface area contributed by atoms with E-state index in [4.69, 9.17) is 19.3 Å². The van der Waals surface area contributed by atoms with Crippen molar-refractivity contribution in [3.8, 4) is 0 Å². The van der Waals surface area contributed by atoms with Crippen molar-refractivity contribution >= 4 is 0 Å². The molecule has 2 heterocycles. The number of rotatable bonds is 0. The second-order valence-corrected chi connectivity index (χ2v) is 2.55. The highest BCUT2D eigenvalue weighted by Gasteiger charge is 2.35. The predicted octanol–water partition coefficient (Wildman–Crippen LogP) is -0.533. The third kappa shape index (κ3) is 1.03. The molecule has 0 bridgehead atoms. The Hall–Kier alpha value is -0.160. The first kappa shape index (κ1) is 6.54. The molecule has 0 amide bonds. The van der Waals surface area contributed by atoms with Gasteiger partial charge in [-0.25, -0.2) is 0 Å². The second kappa shape index (κ2) is 2.47. The molecule has 0 aromatic carbocycles. The molecular formula is C6H10O4. The molecular weight excluding hydrogens is 136 g/mol. The molecule has 4 heteroatoms. The molecule has 4 nitrogen and oxygen atoms in total. The average Bonchev–Trinajstić information content (AvgIpc) is 2.33. The zero-order valence-corrected chi connectivity index (χ0v) is 5.53. The van der Waals surface area contributed by atoms with E-state index >= 15 is 0 Å². The Labute approximate surface area is 58.7 Å². The summed E-state index contributed by atoms with van der Waals surface area (Å²) >= 11 is 0. The molecule has 2 saturated heterocycles. The van der Waals surface area contributed by atoms with Crippen molar-refractivity contribution in [1.29, 1.82) is 0 Å². The SMILES string of the molecule is OC1CC2OCOC2CO1. The Bertz CT molecular complexity index is 127. The fraction of sp³-hybridized carbons (Fsp3) is 1.00. The first-order valence-corrected chi connectivity index (χ1v) is 3.39. The molecule has 0 aromatic heterocycles. The van der Waals surface area contributed by atoms with Gasteiger partial charge in [0.2, 0.25) is 0 Å². The van der Waals surface area contributed by atoms with Crippen LogP contribution in [0.15, 0.2) is 0 Å². The number of hydrogen-bond acceptors (Lipinski definition) is 4. The molecule has 2 rings (SSSR count).